The number of imide groups is 1. The third-order valence-corrected chi connectivity index (χ3v) is 4.21. The number of amides is 3. The van der Waals surface area contributed by atoms with E-state index in [2.05, 4.69) is 22.4 Å². The Bertz CT molecular complexity index is 768. The van der Waals surface area contributed by atoms with Crippen molar-refractivity contribution in [3.05, 3.63) is 47.1 Å². The Morgan fingerprint density at radius 2 is 1.96 bits per heavy atom. The van der Waals surface area contributed by atoms with E-state index in [1.54, 1.807) is 13.8 Å². The number of nitrogens with one attached hydrogen (secondary N) is 1. The van der Waals surface area contributed by atoms with Crippen molar-refractivity contribution in [2.45, 2.75) is 45.7 Å². The van der Waals surface area contributed by atoms with Gasteiger partial charge in [0.15, 0.2) is 5.82 Å². The monoisotopic (exact) mass is 328 g/mol. The fourth-order valence-corrected chi connectivity index (χ4v) is 2.87. The number of urea groups is 1. The van der Waals surface area contributed by atoms with Gasteiger partial charge in [-0.25, -0.2) is 4.79 Å². The number of carbonyl (C=O) groups excluding carboxylic acids is 2. The van der Waals surface area contributed by atoms with E-state index >= 15 is 0 Å². The summed E-state index contributed by atoms with van der Waals surface area (Å²) in [5.74, 6) is 0.372. The van der Waals surface area contributed by atoms with E-state index in [9.17, 15) is 9.59 Å². The molecule has 3 amide bonds. The summed E-state index contributed by atoms with van der Waals surface area (Å²) in [6, 6.07) is 7.31. The maximum absolute atomic E-state index is 12.8. The molecule has 1 aliphatic rings. The van der Waals surface area contributed by atoms with Crippen LogP contribution in [0.4, 0.5) is 4.79 Å². The summed E-state index contributed by atoms with van der Waals surface area (Å²) in [6.07, 6.45) is 2.05. The fraction of sp³-hybridized carbons (Fsp3) is 0.412. The van der Waals surface area contributed by atoms with Crippen molar-refractivity contribution in [1.82, 2.24) is 20.4 Å². The molecule has 1 N–H and O–H groups in total. The number of nitrogens with zero attached hydrogens (tertiary/aromatic N) is 3. The average molecular weight is 328 g/mol. The van der Waals surface area contributed by atoms with Crippen molar-refractivity contribution in [1.29, 1.82) is 0 Å². The summed E-state index contributed by atoms with van der Waals surface area (Å²) in [4.78, 5) is 30.2. The minimum Gasteiger partial charge on any atom is -0.337 e. The molecule has 0 radical (unpaired) electrons. The molecule has 0 bridgehead atoms. The fourth-order valence-electron chi connectivity index (χ4n) is 2.87. The molecule has 0 spiro atoms. The molecule has 3 rings (SSSR count). The number of carbonyl (C=O) groups is 2. The average Bonchev–Trinajstić information content (AvgIpc) is 3.06. The molecule has 1 aromatic carbocycles. The maximum atomic E-state index is 12.8. The molecule has 0 saturated carbocycles. The lowest BCUT2D eigenvalue weighted by molar-refractivity contribution is -0.131. The van der Waals surface area contributed by atoms with Crippen LogP contribution in [-0.4, -0.2) is 27.0 Å². The maximum Gasteiger partial charge on any atom is 0.325 e. The molecule has 1 atom stereocenters. The first-order valence-electron chi connectivity index (χ1n) is 7.96. The summed E-state index contributed by atoms with van der Waals surface area (Å²) in [5, 5.41) is 6.45. The lowest BCUT2D eigenvalue weighted by atomic mass is 9.91. The number of hydrogen-bond donors (Lipinski definition) is 1. The lowest BCUT2D eigenvalue weighted by Gasteiger charge is -2.22. The second-order valence-corrected chi connectivity index (χ2v) is 6.13. The lowest BCUT2D eigenvalue weighted by Crippen LogP contribution is -2.40. The smallest absolute Gasteiger partial charge is 0.325 e. The van der Waals surface area contributed by atoms with Crippen LogP contribution in [0.3, 0.4) is 0 Å². The zero-order valence-electron chi connectivity index (χ0n) is 14.0. The van der Waals surface area contributed by atoms with Crippen molar-refractivity contribution in [3.8, 4) is 0 Å². The highest BCUT2D eigenvalue weighted by Gasteiger charge is 2.49. The van der Waals surface area contributed by atoms with E-state index in [0.29, 0.717) is 5.82 Å². The van der Waals surface area contributed by atoms with Gasteiger partial charge in [0.05, 0.1) is 0 Å². The van der Waals surface area contributed by atoms with Crippen molar-refractivity contribution < 1.29 is 14.1 Å². The summed E-state index contributed by atoms with van der Waals surface area (Å²) < 4.78 is 5.00. The van der Waals surface area contributed by atoms with Crippen LogP contribution in [0, 0.1) is 6.92 Å². The van der Waals surface area contributed by atoms with Gasteiger partial charge >= 0.3 is 6.03 Å². The van der Waals surface area contributed by atoms with Gasteiger partial charge in [0.1, 0.15) is 12.1 Å². The molecule has 0 aliphatic carbocycles. The van der Waals surface area contributed by atoms with Gasteiger partial charge in [0.2, 0.25) is 5.89 Å². The summed E-state index contributed by atoms with van der Waals surface area (Å²) in [5.41, 5.74) is 0.876. The molecule has 2 aromatic rings. The summed E-state index contributed by atoms with van der Waals surface area (Å²) >= 11 is 0. The Morgan fingerprint density at radius 3 is 2.54 bits per heavy atom. The molecule has 1 saturated heterocycles. The Balaban J connectivity index is 1.83. The van der Waals surface area contributed by atoms with E-state index < -0.39 is 11.6 Å². The minimum absolute atomic E-state index is 0.0327. The van der Waals surface area contributed by atoms with Crippen LogP contribution in [0.25, 0.3) is 0 Å². The van der Waals surface area contributed by atoms with Crippen LogP contribution in [0.2, 0.25) is 0 Å². The van der Waals surface area contributed by atoms with E-state index in [4.69, 9.17) is 4.52 Å². The number of rotatable bonds is 5. The van der Waals surface area contributed by atoms with Crippen LogP contribution < -0.4 is 5.32 Å². The predicted molar refractivity (Wildman–Crippen MR) is 85.9 cm³/mol. The number of aromatic nitrogens is 2. The standard InChI is InChI=1S/C17H20N4O3/c1-4-5-12-6-8-13(9-7-12)17(3)15(22)21(16(23)19-17)10-14-18-11(2)20-24-14/h6-9H,4-5,10H2,1-3H3,(H,19,23). The number of aryl methyl sites for hydroxylation is 2. The van der Waals surface area contributed by atoms with E-state index in [1.807, 2.05) is 24.3 Å². The molecule has 7 heteroatoms. The first-order chi connectivity index (χ1) is 11.4. The van der Waals surface area contributed by atoms with Crippen LogP contribution in [0.15, 0.2) is 28.8 Å². The minimum atomic E-state index is -1.09. The van der Waals surface area contributed by atoms with E-state index in [1.165, 1.54) is 5.56 Å². The van der Waals surface area contributed by atoms with Crippen LogP contribution in [-0.2, 0) is 23.3 Å². The van der Waals surface area contributed by atoms with Gasteiger partial charge in [-0.2, -0.15) is 4.98 Å². The predicted octanol–water partition coefficient (Wildman–Crippen LogP) is 2.30. The SMILES string of the molecule is CCCc1ccc(C2(C)NC(=O)N(Cc3nc(C)no3)C2=O)cc1. The Hall–Kier alpha value is -2.70. The van der Waals surface area contributed by atoms with Crippen molar-refractivity contribution in [3.63, 3.8) is 0 Å². The van der Waals surface area contributed by atoms with Gasteiger partial charge in [0.25, 0.3) is 5.91 Å². The van der Waals surface area contributed by atoms with Gasteiger partial charge in [-0.15, -0.1) is 0 Å². The van der Waals surface area contributed by atoms with Crippen molar-refractivity contribution in [2.24, 2.45) is 0 Å². The molecular weight excluding hydrogens is 308 g/mol. The molecule has 7 nitrogen and oxygen atoms in total. The zero-order chi connectivity index (χ0) is 17.3. The molecule has 24 heavy (non-hydrogen) atoms. The molecule has 126 valence electrons. The van der Waals surface area contributed by atoms with Gasteiger partial charge < -0.3 is 9.84 Å². The molecule has 1 fully saturated rings. The summed E-state index contributed by atoms with van der Waals surface area (Å²) in [6.45, 7) is 5.48. The highest BCUT2D eigenvalue weighted by molar-refractivity contribution is 6.07. The topological polar surface area (TPSA) is 88.3 Å². The normalized spacial score (nSPS) is 20.5. The van der Waals surface area contributed by atoms with Crippen molar-refractivity contribution >= 4 is 11.9 Å². The van der Waals surface area contributed by atoms with Crippen LogP contribution in [0.5, 0.6) is 0 Å². The van der Waals surface area contributed by atoms with Crippen molar-refractivity contribution in [2.75, 3.05) is 0 Å². The first-order valence-corrected chi connectivity index (χ1v) is 7.96. The van der Waals surface area contributed by atoms with Gasteiger partial charge in [-0.3, -0.25) is 9.69 Å². The molecule has 2 heterocycles. The largest absolute Gasteiger partial charge is 0.337 e. The number of benzene rings is 1. The third-order valence-electron chi connectivity index (χ3n) is 4.21. The Morgan fingerprint density at radius 1 is 1.25 bits per heavy atom. The Kier molecular flexibility index (Phi) is 4.09. The van der Waals surface area contributed by atoms with Gasteiger partial charge in [0, 0.05) is 0 Å². The van der Waals surface area contributed by atoms with Crippen LogP contribution >= 0.6 is 0 Å². The quantitative estimate of drug-likeness (QED) is 0.851. The highest BCUT2D eigenvalue weighted by Crippen LogP contribution is 2.30. The molecule has 1 aliphatic heterocycles. The zero-order valence-corrected chi connectivity index (χ0v) is 14.0. The molecule has 1 unspecified atom stereocenters. The summed E-state index contributed by atoms with van der Waals surface area (Å²) in [7, 11) is 0. The van der Waals surface area contributed by atoms with Gasteiger partial charge in [-0.05, 0) is 31.4 Å². The van der Waals surface area contributed by atoms with Gasteiger partial charge in [-0.1, -0.05) is 42.8 Å². The van der Waals surface area contributed by atoms with E-state index in [0.717, 1.165) is 23.3 Å². The third kappa shape index (κ3) is 2.77. The molecular formula is C17H20N4O3. The first kappa shape index (κ1) is 16.2. The van der Waals surface area contributed by atoms with Crippen LogP contribution in [0.1, 0.15) is 43.1 Å². The van der Waals surface area contributed by atoms with E-state index in [-0.39, 0.29) is 18.3 Å². The molecule has 1 aromatic heterocycles. The second-order valence-electron chi connectivity index (χ2n) is 6.13. The highest BCUT2D eigenvalue weighted by atomic mass is 16.5. The Labute approximate surface area is 140 Å². The number of hydrogen-bond acceptors (Lipinski definition) is 5. The second kappa shape index (κ2) is 6.07.